The lowest BCUT2D eigenvalue weighted by Crippen LogP contribution is -2.25. The predicted molar refractivity (Wildman–Crippen MR) is 73.8 cm³/mol. The molecule has 100 valence electrons. The highest BCUT2D eigenvalue weighted by Gasteiger charge is 2.27. The second-order valence-electron chi connectivity index (χ2n) is 5.04. The van der Waals surface area contributed by atoms with Crippen molar-refractivity contribution in [2.75, 3.05) is 0 Å². The SMILES string of the molecule is NCc1ccccc1CS(=O)(=O)C1CCCCC1. The first-order valence-electron chi connectivity index (χ1n) is 6.62. The Balaban J connectivity index is 2.16. The van der Waals surface area contributed by atoms with Gasteiger partial charge in [-0.05, 0) is 24.0 Å². The van der Waals surface area contributed by atoms with Crippen molar-refractivity contribution >= 4 is 9.84 Å². The minimum atomic E-state index is -3.02. The van der Waals surface area contributed by atoms with Crippen LogP contribution in [0.2, 0.25) is 0 Å². The fraction of sp³-hybridized carbons (Fsp3) is 0.571. The summed E-state index contributed by atoms with van der Waals surface area (Å²) < 4.78 is 24.8. The number of hydrogen-bond acceptors (Lipinski definition) is 3. The maximum Gasteiger partial charge on any atom is 0.157 e. The number of sulfone groups is 1. The van der Waals surface area contributed by atoms with Gasteiger partial charge in [-0.15, -0.1) is 0 Å². The third-order valence-electron chi connectivity index (χ3n) is 3.76. The van der Waals surface area contributed by atoms with Crippen LogP contribution in [0.25, 0.3) is 0 Å². The van der Waals surface area contributed by atoms with Crippen molar-refractivity contribution in [2.24, 2.45) is 5.73 Å². The molecule has 0 aromatic heterocycles. The topological polar surface area (TPSA) is 60.2 Å². The largest absolute Gasteiger partial charge is 0.326 e. The zero-order valence-corrected chi connectivity index (χ0v) is 11.5. The van der Waals surface area contributed by atoms with Crippen LogP contribution in [0.5, 0.6) is 0 Å². The fourth-order valence-corrected chi connectivity index (χ4v) is 4.66. The summed E-state index contributed by atoms with van der Waals surface area (Å²) in [4.78, 5) is 0. The van der Waals surface area contributed by atoms with E-state index in [1.54, 1.807) is 0 Å². The number of rotatable bonds is 4. The Morgan fingerprint density at radius 1 is 1.06 bits per heavy atom. The van der Waals surface area contributed by atoms with E-state index in [1.807, 2.05) is 24.3 Å². The fourth-order valence-electron chi connectivity index (χ4n) is 2.66. The van der Waals surface area contributed by atoms with Crippen LogP contribution in [-0.2, 0) is 22.1 Å². The van der Waals surface area contributed by atoms with Crippen LogP contribution < -0.4 is 5.73 Å². The molecule has 0 unspecified atom stereocenters. The summed E-state index contributed by atoms with van der Waals surface area (Å²) in [6, 6.07) is 7.57. The van der Waals surface area contributed by atoms with Crippen molar-refractivity contribution in [3.05, 3.63) is 35.4 Å². The van der Waals surface area contributed by atoms with Crippen LogP contribution in [-0.4, -0.2) is 13.7 Å². The maximum atomic E-state index is 12.4. The molecule has 0 heterocycles. The smallest absolute Gasteiger partial charge is 0.157 e. The van der Waals surface area contributed by atoms with E-state index in [4.69, 9.17) is 5.73 Å². The molecule has 0 atom stereocenters. The van der Waals surface area contributed by atoms with Crippen LogP contribution in [0, 0.1) is 0 Å². The standard InChI is InChI=1S/C14H21NO2S/c15-10-12-6-4-5-7-13(12)11-18(16,17)14-8-2-1-3-9-14/h4-7,14H,1-3,8-11,15H2. The lowest BCUT2D eigenvalue weighted by atomic mass is 10.0. The molecular weight excluding hydrogens is 246 g/mol. The Labute approximate surface area is 109 Å². The lowest BCUT2D eigenvalue weighted by molar-refractivity contribution is 0.483. The first-order valence-corrected chi connectivity index (χ1v) is 8.33. The van der Waals surface area contributed by atoms with E-state index in [-0.39, 0.29) is 11.0 Å². The molecule has 1 fully saturated rings. The maximum absolute atomic E-state index is 12.4. The first-order chi connectivity index (χ1) is 8.63. The first kappa shape index (κ1) is 13.6. The molecule has 1 aromatic carbocycles. The van der Waals surface area contributed by atoms with Crippen LogP contribution in [0.4, 0.5) is 0 Å². The Morgan fingerprint density at radius 3 is 2.28 bits per heavy atom. The summed E-state index contributed by atoms with van der Waals surface area (Å²) in [5, 5.41) is -0.142. The molecule has 1 aliphatic carbocycles. The predicted octanol–water partition coefficient (Wildman–Crippen LogP) is 2.39. The summed E-state index contributed by atoms with van der Waals surface area (Å²) in [7, 11) is -3.02. The van der Waals surface area contributed by atoms with E-state index >= 15 is 0 Å². The second-order valence-corrected chi connectivity index (χ2v) is 7.32. The summed E-state index contributed by atoms with van der Waals surface area (Å²) >= 11 is 0. The summed E-state index contributed by atoms with van der Waals surface area (Å²) in [5.74, 6) is 0.144. The van der Waals surface area contributed by atoms with E-state index in [0.717, 1.165) is 36.8 Å². The number of nitrogens with two attached hydrogens (primary N) is 1. The summed E-state index contributed by atoms with van der Waals surface area (Å²) in [6.45, 7) is 0.399. The normalized spacial score (nSPS) is 17.8. The summed E-state index contributed by atoms with van der Waals surface area (Å²) in [5.41, 5.74) is 7.46. The van der Waals surface area contributed by atoms with Crippen LogP contribution >= 0.6 is 0 Å². The van der Waals surface area contributed by atoms with Crippen molar-refractivity contribution in [3.63, 3.8) is 0 Å². The number of hydrogen-bond donors (Lipinski definition) is 1. The van der Waals surface area contributed by atoms with Crippen LogP contribution in [0.15, 0.2) is 24.3 Å². The van der Waals surface area contributed by atoms with Crippen molar-refractivity contribution < 1.29 is 8.42 Å². The molecule has 0 saturated heterocycles. The molecule has 2 rings (SSSR count). The molecular formula is C14H21NO2S. The second kappa shape index (κ2) is 5.85. The van der Waals surface area contributed by atoms with Crippen molar-refractivity contribution in [1.29, 1.82) is 0 Å². The molecule has 0 aliphatic heterocycles. The number of benzene rings is 1. The highest BCUT2D eigenvalue weighted by Crippen LogP contribution is 2.26. The van der Waals surface area contributed by atoms with E-state index in [9.17, 15) is 8.42 Å². The molecule has 4 heteroatoms. The van der Waals surface area contributed by atoms with Crippen molar-refractivity contribution in [3.8, 4) is 0 Å². The molecule has 1 aliphatic rings. The monoisotopic (exact) mass is 267 g/mol. The van der Waals surface area contributed by atoms with Gasteiger partial charge in [0.1, 0.15) is 0 Å². The lowest BCUT2D eigenvalue weighted by Gasteiger charge is -2.22. The van der Waals surface area contributed by atoms with Crippen molar-refractivity contribution in [1.82, 2.24) is 0 Å². The van der Waals surface area contributed by atoms with Gasteiger partial charge in [0.25, 0.3) is 0 Å². The molecule has 0 amide bonds. The van der Waals surface area contributed by atoms with E-state index in [0.29, 0.717) is 6.54 Å². The molecule has 18 heavy (non-hydrogen) atoms. The molecule has 0 radical (unpaired) electrons. The van der Waals surface area contributed by atoms with Gasteiger partial charge in [0, 0.05) is 6.54 Å². The third kappa shape index (κ3) is 3.12. The van der Waals surface area contributed by atoms with E-state index < -0.39 is 9.84 Å². The highest BCUT2D eigenvalue weighted by molar-refractivity contribution is 7.91. The van der Waals surface area contributed by atoms with E-state index in [1.165, 1.54) is 6.42 Å². The average molecular weight is 267 g/mol. The van der Waals surface area contributed by atoms with Gasteiger partial charge in [-0.1, -0.05) is 43.5 Å². The van der Waals surface area contributed by atoms with E-state index in [2.05, 4.69) is 0 Å². The van der Waals surface area contributed by atoms with Gasteiger partial charge in [-0.2, -0.15) is 0 Å². The molecule has 3 nitrogen and oxygen atoms in total. The van der Waals surface area contributed by atoms with Gasteiger partial charge in [-0.3, -0.25) is 0 Å². The Morgan fingerprint density at radius 2 is 1.67 bits per heavy atom. The average Bonchev–Trinajstić information content (AvgIpc) is 2.40. The van der Waals surface area contributed by atoms with Gasteiger partial charge in [0.05, 0.1) is 11.0 Å². The van der Waals surface area contributed by atoms with Gasteiger partial charge >= 0.3 is 0 Å². The third-order valence-corrected chi connectivity index (χ3v) is 5.96. The molecule has 1 aromatic rings. The van der Waals surface area contributed by atoms with Gasteiger partial charge < -0.3 is 5.73 Å². The molecule has 0 spiro atoms. The molecule has 1 saturated carbocycles. The van der Waals surface area contributed by atoms with Crippen LogP contribution in [0.3, 0.4) is 0 Å². The minimum Gasteiger partial charge on any atom is -0.326 e. The quantitative estimate of drug-likeness (QED) is 0.911. The molecule has 2 N–H and O–H groups in total. The van der Waals surface area contributed by atoms with Gasteiger partial charge in [0.2, 0.25) is 0 Å². The summed E-state index contributed by atoms with van der Waals surface area (Å²) in [6.07, 6.45) is 4.91. The Hall–Kier alpha value is -0.870. The van der Waals surface area contributed by atoms with Gasteiger partial charge in [0.15, 0.2) is 9.84 Å². The highest BCUT2D eigenvalue weighted by atomic mass is 32.2. The minimum absolute atomic E-state index is 0.142. The Kier molecular flexibility index (Phi) is 4.40. The Bertz CT molecular complexity index is 490. The molecule has 0 bridgehead atoms. The zero-order chi connectivity index (χ0) is 13.0. The zero-order valence-electron chi connectivity index (χ0n) is 10.6. The van der Waals surface area contributed by atoms with Crippen molar-refractivity contribution in [2.45, 2.75) is 49.7 Å². The van der Waals surface area contributed by atoms with Crippen LogP contribution in [0.1, 0.15) is 43.2 Å². The van der Waals surface area contributed by atoms with Gasteiger partial charge in [-0.25, -0.2) is 8.42 Å².